The Kier molecular flexibility index (Phi) is 3.54. The quantitative estimate of drug-likeness (QED) is 0.770. The first-order valence-corrected chi connectivity index (χ1v) is 5.77. The molecule has 0 radical (unpaired) electrons. The number of ketones is 1. The third-order valence-electron chi connectivity index (χ3n) is 2.70. The lowest BCUT2D eigenvalue weighted by Crippen LogP contribution is -2.00. The molecule has 1 aromatic carbocycles. The fourth-order valence-electron chi connectivity index (χ4n) is 1.67. The minimum Gasteiger partial charge on any atom is -0.294 e. The Hall–Kier alpha value is -2.41. The topological polar surface area (TPSA) is 58.7 Å². The molecule has 0 atom stereocenters. The lowest BCUT2D eigenvalue weighted by atomic mass is 10.1. The molecule has 0 saturated carbocycles. The van der Waals surface area contributed by atoms with Crippen molar-refractivity contribution in [2.75, 3.05) is 0 Å². The van der Waals surface area contributed by atoms with Crippen LogP contribution >= 0.6 is 0 Å². The maximum Gasteiger partial charge on any atom is 0.165 e. The first kappa shape index (κ1) is 12.1. The van der Waals surface area contributed by atoms with E-state index >= 15 is 0 Å². The summed E-state index contributed by atoms with van der Waals surface area (Å²) in [6, 6.07) is 9.41. The second kappa shape index (κ2) is 5.28. The Labute approximate surface area is 105 Å². The number of Topliss-reactive ketones (excluding diaryl/α,β-unsaturated/α-hetero) is 1. The van der Waals surface area contributed by atoms with Crippen molar-refractivity contribution in [2.45, 2.75) is 19.9 Å². The lowest BCUT2D eigenvalue weighted by molar-refractivity contribution is 0.0988. The van der Waals surface area contributed by atoms with Gasteiger partial charge in [-0.1, -0.05) is 19.1 Å². The molecule has 90 valence electrons. The second-order valence-corrected chi connectivity index (χ2v) is 4.01. The molecule has 4 nitrogen and oxygen atoms in total. The van der Waals surface area contributed by atoms with E-state index in [1.54, 1.807) is 29.2 Å². The van der Waals surface area contributed by atoms with Crippen LogP contribution in [0, 0.1) is 11.3 Å². The summed E-state index contributed by atoms with van der Waals surface area (Å²) in [5.74, 6) is 0.0982. The van der Waals surface area contributed by atoms with Crippen LogP contribution in [0.3, 0.4) is 0 Å². The number of rotatable bonds is 4. The van der Waals surface area contributed by atoms with Crippen molar-refractivity contribution in [3.63, 3.8) is 0 Å². The number of nitrogens with zero attached hydrogens (tertiary/aromatic N) is 3. The third-order valence-corrected chi connectivity index (χ3v) is 2.70. The normalized spacial score (nSPS) is 10.0. The van der Waals surface area contributed by atoms with Crippen LogP contribution in [0.1, 0.15) is 34.8 Å². The fourth-order valence-corrected chi connectivity index (χ4v) is 1.67. The van der Waals surface area contributed by atoms with Crippen molar-refractivity contribution >= 4 is 5.78 Å². The van der Waals surface area contributed by atoms with Gasteiger partial charge in [0.15, 0.2) is 5.78 Å². The molecule has 0 N–H and O–H groups in total. The van der Waals surface area contributed by atoms with E-state index in [9.17, 15) is 4.79 Å². The Morgan fingerprint density at radius 2 is 2.11 bits per heavy atom. The molecule has 0 amide bonds. The van der Waals surface area contributed by atoms with Crippen LogP contribution in [0.15, 0.2) is 36.7 Å². The number of carbonyl (C=O) groups is 1. The minimum absolute atomic E-state index is 0.0982. The first-order chi connectivity index (χ1) is 8.72. The molecular weight excluding hydrogens is 226 g/mol. The fraction of sp³-hybridized carbons (Fsp3) is 0.214. The molecule has 0 spiro atoms. The van der Waals surface area contributed by atoms with Crippen LogP contribution in [0.5, 0.6) is 0 Å². The van der Waals surface area contributed by atoms with Gasteiger partial charge in [-0.15, -0.1) is 0 Å². The number of carbonyl (C=O) groups excluding carboxylic acids is 1. The second-order valence-electron chi connectivity index (χ2n) is 4.01. The summed E-state index contributed by atoms with van der Waals surface area (Å²) in [4.78, 5) is 11.5. The average molecular weight is 239 g/mol. The Balaban J connectivity index is 2.11. The van der Waals surface area contributed by atoms with Crippen LogP contribution in [-0.4, -0.2) is 15.6 Å². The van der Waals surface area contributed by atoms with E-state index in [1.165, 1.54) is 0 Å². The monoisotopic (exact) mass is 239 g/mol. The van der Waals surface area contributed by atoms with Crippen molar-refractivity contribution in [2.24, 2.45) is 0 Å². The molecule has 0 aliphatic heterocycles. The van der Waals surface area contributed by atoms with Gasteiger partial charge in [-0.2, -0.15) is 10.4 Å². The summed E-state index contributed by atoms with van der Waals surface area (Å²) in [7, 11) is 0. The van der Waals surface area contributed by atoms with Gasteiger partial charge in [0.1, 0.15) is 0 Å². The number of hydrogen-bond acceptors (Lipinski definition) is 3. The molecule has 0 aliphatic carbocycles. The van der Waals surface area contributed by atoms with Gasteiger partial charge in [0.2, 0.25) is 0 Å². The van der Waals surface area contributed by atoms with Gasteiger partial charge in [0.05, 0.1) is 29.9 Å². The third kappa shape index (κ3) is 2.64. The van der Waals surface area contributed by atoms with E-state index in [0.29, 0.717) is 24.1 Å². The molecule has 1 aromatic heterocycles. The predicted octanol–water partition coefficient (Wildman–Crippen LogP) is 2.40. The maximum absolute atomic E-state index is 11.5. The number of hydrogen-bond donors (Lipinski definition) is 0. The van der Waals surface area contributed by atoms with Gasteiger partial charge in [-0.3, -0.25) is 9.48 Å². The molecular formula is C14H13N3O. The molecule has 0 bridgehead atoms. The van der Waals surface area contributed by atoms with Gasteiger partial charge in [0.25, 0.3) is 0 Å². The van der Waals surface area contributed by atoms with Crippen molar-refractivity contribution in [1.82, 2.24) is 9.78 Å². The minimum atomic E-state index is 0.0982. The first-order valence-electron chi connectivity index (χ1n) is 5.77. The van der Waals surface area contributed by atoms with Gasteiger partial charge in [-0.25, -0.2) is 0 Å². The van der Waals surface area contributed by atoms with Crippen molar-refractivity contribution < 1.29 is 4.79 Å². The zero-order valence-electron chi connectivity index (χ0n) is 10.1. The highest BCUT2D eigenvalue weighted by molar-refractivity contribution is 5.95. The predicted molar refractivity (Wildman–Crippen MR) is 67.1 cm³/mol. The Morgan fingerprint density at radius 1 is 1.39 bits per heavy atom. The van der Waals surface area contributed by atoms with Crippen LogP contribution in [0.2, 0.25) is 0 Å². The Bertz CT molecular complexity index is 590. The summed E-state index contributed by atoms with van der Waals surface area (Å²) in [5.41, 5.74) is 2.33. The van der Waals surface area contributed by atoms with E-state index in [0.717, 1.165) is 5.56 Å². The maximum atomic E-state index is 11.5. The molecule has 0 aliphatic rings. The van der Waals surface area contributed by atoms with E-state index in [4.69, 9.17) is 5.26 Å². The summed E-state index contributed by atoms with van der Waals surface area (Å²) in [6.07, 6.45) is 3.84. The number of aromatic nitrogens is 2. The van der Waals surface area contributed by atoms with Crippen molar-refractivity contribution in [1.29, 1.82) is 5.26 Å². The van der Waals surface area contributed by atoms with E-state index < -0.39 is 0 Å². The zero-order valence-corrected chi connectivity index (χ0v) is 10.1. The van der Waals surface area contributed by atoms with Crippen LogP contribution < -0.4 is 0 Å². The molecule has 1 heterocycles. The molecule has 0 saturated heterocycles. The van der Waals surface area contributed by atoms with E-state index in [2.05, 4.69) is 11.2 Å². The molecule has 2 rings (SSSR count). The van der Waals surface area contributed by atoms with Crippen LogP contribution in [0.4, 0.5) is 0 Å². The average Bonchev–Trinajstić information content (AvgIpc) is 2.87. The summed E-state index contributed by atoms with van der Waals surface area (Å²) in [5, 5.41) is 12.9. The highest BCUT2D eigenvalue weighted by Gasteiger charge is 2.06. The highest BCUT2D eigenvalue weighted by atomic mass is 16.1. The van der Waals surface area contributed by atoms with Gasteiger partial charge in [0, 0.05) is 12.6 Å². The SMILES string of the molecule is CCC(=O)c1cnn(Cc2ccc(C#N)cc2)c1. The molecule has 2 aromatic rings. The summed E-state index contributed by atoms with van der Waals surface area (Å²) in [6.45, 7) is 2.43. The molecule has 0 fully saturated rings. The van der Waals surface area contributed by atoms with Gasteiger partial charge in [-0.05, 0) is 17.7 Å². The van der Waals surface area contributed by atoms with Crippen LogP contribution in [0.25, 0.3) is 0 Å². The largest absolute Gasteiger partial charge is 0.294 e. The summed E-state index contributed by atoms with van der Waals surface area (Å²) >= 11 is 0. The number of benzene rings is 1. The Morgan fingerprint density at radius 3 is 2.72 bits per heavy atom. The van der Waals surface area contributed by atoms with Gasteiger partial charge < -0.3 is 0 Å². The van der Waals surface area contributed by atoms with Crippen molar-refractivity contribution in [3.8, 4) is 6.07 Å². The summed E-state index contributed by atoms with van der Waals surface area (Å²) < 4.78 is 1.73. The lowest BCUT2D eigenvalue weighted by Gasteiger charge is -2.01. The molecule has 18 heavy (non-hydrogen) atoms. The van der Waals surface area contributed by atoms with Crippen molar-refractivity contribution in [3.05, 3.63) is 53.3 Å². The van der Waals surface area contributed by atoms with E-state index in [-0.39, 0.29) is 5.78 Å². The highest BCUT2D eigenvalue weighted by Crippen LogP contribution is 2.07. The zero-order chi connectivity index (χ0) is 13.0. The number of nitriles is 1. The van der Waals surface area contributed by atoms with Crippen LogP contribution in [-0.2, 0) is 6.54 Å². The molecule has 0 unspecified atom stereocenters. The smallest absolute Gasteiger partial charge is 0.165 e. The standard InChI is InChI=1S/C14H13N3O/c1-2-14(18)13-8-16-17(10-13)9-12-5-3-11(7-15)4-6-12/h3-6,8,10H,2,9H2,1H3. The molecule has 4 heteroatoms. The van der Waals surface area contributed by atoms with E-state index in [1.807, 2.05) is 19.1 Å². The van der Waals surface area contributed by atoms with Gasteiger partial charge >= 0.3 is 0 Å².